The Kier molecular flexibility index (Phi) is 6.53. The fourth-order valence-electron chi connectivity index (χ4n) is 4.21. The normalized spacial score (nSPS) is 15.6. The molecule has 29 heavy (non-hydrogen) atoms. The second-order valence-electron chi connectivity index (χ2n) is 7.81. The first-order chi connectivity index (χ1) is 14.0. The fraction of sp³-hybridized carbons (Fsp3) is 0.360. The molecule has 0 aromatic heterocycles. The van der Waals surface area contributed by atoms with Crippen molar-refractivity contribution in [3.8, 4) is 0 Å². The quantitative estimate of drug-likeness (QED) is 0.701. The van der Waals surface area contributed by atoms with Gasteiger partial charge in [-0.25, -0.2) is 0 Å². The number of benzene rings is 2. The minimum atomic E-state index is -0.600. The molecule has 3 rings (SSSR count). The summed E-state index contributed by atoms with van der Waals surface area (Å²) in [5.74, 6) is 0.0532. The summed E-state index contributed by atoms with van der Waals surface area (Å²) in [7, 11) is 1.88. The maximum Gasteiger partial charge on any atom is 0.245 e. The molecule has 2 amide bonds. The average Bonchev–Trinajstić information content (AvgIpc) is 2.79. The molecule has 0 spiro atoms. The zero-order chi connectivity index (χ0) is 20.9. The monoisotopic (exact) mass is 390 g/mol. The molecular formula is C25H30N2O2. The molecule has 0 bridgehead atoms. The molecule has 0 saturated carbocycles. The van der Waals surface area contributed by atoms with Crippen LogP contribution in [-0.2, 0) is 28.0 Å². The van der Waals surface area contributed by atoms with Crippen LogP contribution in [0.5, 0.6) is 0 Å². The van der Waals surface area contributed by atoms with Crippen molar-refractivity contribution in [2.75, 3.05) is 20.1 Å². The van der Waals surface area contributed by atoms with Crippen LogP contribution in [0.3, 0.4) is 0 Å². The van der Waals surface area contributed by atoms with Crippen LogP contribution in [0.1, 0.15) is 36.5 Å². The molecule has 4 nitrogen and oxygen atoms in total. The summed E-state index contributed by atoms with van der Waals surface area (Å²) in [6, 6.07) is 18.5. The zero-order valence-corrected chi connectivity index (χ0v) is 17.4. The predicted octanol–water partition coefficient (Wildman–Crippen LogP) is 3.95. The molecule has 1 aliphatic rings. The van der Waals surface area contributed by atoms with Gasteiger partial charge in [0.15, 0.2) is 0 Å². The van der Waals surface area contributed by atoms with E-state index < -0.39 is 5.41 Å². The fourth-order valence-corrected chi connectivity index (χ4v) is 4.21. The van der Waals surface area contributed by atoms with Gasteiger partial charge in [0.05, 0.1) is 5.41 Å². The maximum atomic E-state index is 13.7. The third-order valence-electron chi connectivity index (χ3n) is 6.04. The number of nitrogens with zero attached hydrogens (tertiary/aromatic N) is 2. The van der Waals surface area contributed by atoms with Crippen LogP contribution in [0.25, 0.3) is 0 Å². The van der Waals surface area contributed by atoms with Gasteiger partial charge < -0.3 is 9.80 Å². The van der Waals surface area contributed by atoms with Crippen molar-refractivity contribution >= 4 is 11.8 Å². The molecular weight excluding hydrogens is 360 g/mol. The molecule has 0 unspecified atom stereocenters. The van der Waals surface area contributed by atoms with Gasteiger partial charge in [-0.05, 0) is 42.0 Å². The summed E-state index contributed by atoms with van der Waals surface area (Å²) in [5.41, 5.74) is 2.85. The van der Waals surface area contributed by atoms with Crippen LogP contribution in [0.2, 0.25) is 0 Å². The number of carbonyl (C=O) groups excluding carboxylic acids is 2. The number of hydrogen-bond donors (Lipinski definition) is 0. The number of likely N-dealkylation sites (tertiary alicyclic amines) is 1. The molecule has 0 N–H and O–H groups in total. The van der Waals surface area contributed by atoms with E-state index in [1.54, 1.807) is 4.90 Å². The number of carbonyl (C=O) groups is 2. The Morgan fingerprint density at radius 3 is 2.17 bits per heavy atom. The van der Waals surface area contributed by atoms with Crippen molar-refractivity contribution in [2.45, 2.75) is 38.1 Å². The van der Waals surface area contributed by atoms with E-state index in [1.165, 1.54) is 11.6 Å². The largest absolute Gasteiger partial charge is 0.341 e. The molecule has 152 valence electrons. The molecule has 4 heteroatoms. The molecule has 1 saturated heterocycles. The standard InChI is InChI=1S/C25H30N2O2/c1-4-20-11-13-21(14-12-20)19-26(3)24(29)25(22-9-7-6-8-10-22)15-17-27(18-16-25)23(28)5-2/h5-14H,2,4,15-19H2,1,3H3. The zero-order valence-electron chi connectivity index (χ0n) is 17.4. The van der Waals surface area contributed by atoms with Crippen molar-refractivity contribution in [3.63, 3.8) is 0 Å². The molecule has 1 aliphatic heterocycles. The van der Waals surface area contributed by atoms with E-state index in [0.717, 1.165) is 17.5 Å². The highest BCUT2D eigenvalue weighted by molar-refractivity contribution is 5.90. The smallest absolute Gasteiger partial charge is 0.245 e. The summed E-state index contributed by atoms with van der Waals surface area (Å²) < 4.78 is 0. The highest BCUT2D eigenvalue weighted by Gasteiger charge is 2.44. The van der Waals surface area contributed by atoms with E-state index in [2.05, 4.69) is 37.8 Å². The van der Waals surface area contributed by atoms with E-state index in [0.29, 0.717) is 32.5 Å². The van der Waals surface area contributed by atoms with Crippen molar-refractivity contribution in [1.29, 1.82) is 0 Å². The summed E-state index contributed by atoms with van der Waals surface area (Å²) in [5, 5.41) is 0. The first kappa shape index (κ1) is 20.8. The number of aryl methyl sites for hydroxylation is 1. The first-order valence-corrected chi connectivity index (χ1v) is 10.3. The van der Waals surface area contributed by atoms with E-state index in [1.807, 2.05) is 42.3 Å². The Morgan fingerprint density at radius 2 is 1.62 bits per heavy atom. The van der Waals surface area contributed by atoms with E-state index in [9.17, 15) is 9.59 Å². The predicted molar refractivity (Wildman–Crippen MR) is 116 cm³/mol. The van der Waals surface area contributed by atoms with Gasteiger partial charge >= 0.3 is 0 Å². The van der Waals surface area contributed by atoms with Crippen LogP contribution in [0.4, 0.5) is 0 Å². The summed E-state index contributed by atoms with van der Waals surface area (Å²) in [4.78, 5) is 29.3. The van der Waals surface area contributed by atoms with Gasteiger partial charge in [0.1, 0.15) is 0 Å². The van der Waals surface area contributed by atoms with Gasteiger partial charge in [-0.15, -0.1) is 0 Å². The topological polar surface area (TPSA) is 40.6 Å². The molecule has 2 aromatic rings. The SMILES string of the molecule is C=CC(=O)N1CCC(C(=O)N(C)Cc2ccc(CC)cc2)(c2ccccc2)CC1. The lowest BCUT2D eigenvalue weighted by atomic mass is 9.71. The minimum absolute atomic E-state index is 0.0662. The summed E-state index contributed by atoms with van der Waals surface area (Å²) in [6.45, 7) is 7.42. The number of hydrogen-bond acceptors (Lipinski definition) is 2. The van der Waals surface area contributed by atoms with Gasteiger partial charge in [0, 0.05) is 26.7 Å². The highest BCUT2D eigenvalue weighted by Crippen LogP contribution is 2.37. The Morgan fingerprint density at radius 1 is 1.03 bits per heavy atom. The molecule has 1 heterocycles. The van der Waals surface area contributed by atoms with Crippen LogP contribution in [0.15, 0.2) is 67.3 Å². The third-order valence-corrected chi connectivity index (χ3v) is 6.04. The molecule has 0 aliphatic carbocycles. The van der Waals surface area contributed by atoms with Crippen molar-refractivity contribution in [3.05, 3.63) is 83.9 Å². The van der Waals surface area contributed by atoms with Crippen LogP contribution < -0.4 is 0 Å². The number of likely N-dealkylation sites (N-methyl/N-ethyl adjacent to an activating group) is 1. The lowest BCUT2D eigenvalue weighted by molar-refractivity contribution is -0.141. The summed E-state index contributed by atoms with van der Waals surface area (Å²) >= 11 is 0. The van der Waals surface area contributed by atoms with Gasteiger partial charge in [0.2, 0.25) is 11.8 Å². The number of amides is 2. The average molecular weight is 391 g/mol. The van der Waals surface area contributed by atoms with E-state index in [4.69, 9.17) is 0 Å². The van der Waals surface area contributed by atoms with E-state index >= 15 is 0 Å². The van der Waals surface area contributed by atoms with Crippen LogP contribution in [0, 0.1) is 0 Å². The van der Waals surface area contributed by atoms with Crippen LogP contribution >= 0.6 is 0 Å². The minimum Gasteiger partial charge on any atom is -0.341 e. The van der Waals surface area contributed by atoms with Gasteiger partial charge in [-0.3, -0.25) is 9.59 Å². The lowest BCUT2D eigenvalue weighted by Crippen LogP contribution is -2.52. The molecule has 0 radical (unpaired) electrons. The molecule has 0 atom stereocenters. The van der Waals surface area contributed by atoms with Crippen molar-refractivity contribution in [2.24, 2.45) is 0 Å². The third kappa shape index (κ3) is 4.42. The Bertz CT molecular complexity index is 850. The van der Waals surface area contributed by atoms with Gasteiger partial charge in [-0.2, -0.15) is 0 Å². The highest BCUT2D eigenvalue weighted by atomic mass is 16.2. The maximum absolute atomic E-state index is 13.7. The first-order valence-electron chi connectivity index (χ1n) is 10.3. The summed E-state index contributed by atoms with van der Waals surface area (Å²) in [6.07, 6.45) is 3.60. The molecule has 1 fully saturated rings. The number of piperidine rings is 1. The Balaban J connectivity index is 1.83. The van der Waals surface area contributed by atoms with Gasteiger partial charge in [0.25, 0.3) is 0 Å². The Hall–Kier alpha value is -2.88. The van der Waals surface area contributed by atoms with E-state index in [-0.39, 0.29) is 11.8 Å². The van der Waals surface area contributed by atoms with Crippen molar-refractivity contribution < 1.29 is 9.59 Å². The van der Waals surface area contributed by atoms with Crippen molar-refractivity contribution in [1.82, 2.24) is 9.80 Å². The lowest BCUT2D eigenvalue weighted by Gasteiger charge is -2.42. The Labute approximate surface area is 173 Å². The second kappa shape index (κ2) is 9.08. The van der Waals surface area contributed by atoms with Gasteiger partial charge in [-0.1, -0.05) is 68.1 Å². The second-order valence-corrected chi connectivity index (χ2v) is 7.81. The molecule has 2 aromatic carbocycles. The van der Waals surface area contributed by atoms with Crippen LogP contribution in [-0.4, -0.2) is 41.8 Å². The number of rotatable bonds is 6.